The van der Waals surface area contributed by atoms with Gasteiger partial charge in [-0.05, 0) is 8.93 Å². The molecule has 6 nitrogen and oxygen atoms in total. The van der Waals surface area contributed by atoms with Crippen molar-refractivity contribution >= 4 is 58.9 Å². The fourth-order valence-corrected chi connectivity index (χ4v) is 2.81. The standard InChI is InChI=1S/C11H8IN3O3S/c12-19-10-4-7-8(18-10)3-6(5-13-7)15-2-1-9(16)14-11(15)17/h3-5H,1-2H2,(H,14,16,17). The van der Waals surface area contributed by atoms with Gasteiger partial charge in [0.15, 0.2) is 10.7 Å². The van der Waals surface area contributed by atoms with Gasteiger partial charge in [0.25, 0.3) is 0 Å². The lowest BCUT2D eigenvalue weighted by molar-refractivity contribution is -0.120. The fraction of sp³-hybridized carbons (Fsp3) is 0.182. The molecule has 0 unspecified atom stereocenters. The Labute approximate surface area is 124 Å². The van der Waals surface area contributed by atoms with Gasteiger partial charge in [0.1, 0.15) is 5.52 Å². The predicted molar refractivity (Wildman–Crippen MR) is 79.4 cm³/mol. The SMILES string of the molecule is O=C1CCN(c2cnc3cc(SI)oc3c2)C(=O)N1. The van der Waals surface area contributed by atoms with E-state index in [1.807, 2.05) is 6.07 Å². The van der Waals surface area contributed by atoms with Crippen LogP contribution >= 0.6 is 30.1 Å². The average molecular weight is 389 g/mol. The molecule has 3 amide bonds. The zero-order valence-electron chi connectivity index (χ0n) is 9.55. The number of rotatable bonds is 2. The summed E-state index contributed by atoms with van der Waals surface area (Å²) >= 11 is 2.13. The first kappa shape index (κ1) is 12.7. The molecule has 0 atom stereocenters. The first-order valence-electron chi connectivity index (χ1n) is 5.47. The second-order valence-corrected chi connectivity index (χ2v) is 5.85. The highest BCUT2D eigenvalue weighted by atomic mass is 127. The van der Waals surface area contributed by atoms with Crippen molar-refractivity contribution in [2.45, 2.75) is 11.5 Å². The fourth-order valence-electron chi connectivity index (χ4n) is 1.88. The molecule has 1 N–H and O–H groups in total. The lowest BCUT2D eigenvalue weighted by Gasteiger charge is -2.25. The number of nitrogens with zero attached hydrogens (tertiary/aromatic N) is 2. The van der Waals surface area contributed by atoms with Crippen LogP contribution in [0.25, 0.3) is 11.1 Å². The molecule has 1 aliphatic rings. The van der Waals surface area contributed by atoms with Crippen LogP contribution in [0.4, 0.5) is 10.5 Å². The van der Waals surface area contributed by atoms with Gasteiger partial charge in [-0.1, -0.05) is 0 Å². The number of hydrogen-bond donors (Lipinski definition) is 1. The first-order valence-corrected chi connectivity index (χ1v) is 8.83. The van der Waals surface area contributed by atoms with Gasteiger partial charge in [0.05, 0.1) is 11.9 Å². The molecule has 0 spiro atoms. The third kappa shape index (κ3) is 2.41. The molecule has 1 fully saturated rings. The van der Waals surface area contributed by atoms with Crippen LogP contribution < -0.4 is 10.2 Å². The van der Waals surface area contributed by atoms with Crippen molar-refractivity contribution in [3.05, 3.63) is 18.3 Å². The number of pyridine rings is 1. The van der Waals surface area contributed by atoms with E-state index in [4.69, 9.17) is 4.42 Å². The lowest BCUT2D eigenvalue weighted by Crippen LogP contribution is -2.49. The Morgan fingerprint density at radius 3 is 3.00 bits per heavy atom. The van der Waals surface area contributed by atoms with Crippen molar-refractivity contribution in [3.63, 3.8) is 0 Å². The maximum absolute atomic E-state index is 11.7. The van der Waals surface area contributed by atoms with Gasteiger partial charge < -0.3 is 4.42 Å². The Hall–Kier alpha value is -1.29. The largest absolute Gasteiger partial charge is 0.447 e. The van der Waals surface area contributed by atoms with Crippen LogP contribution in [0.15, 0.2) is 27.8 Å². The topological polar surface area (TPSA) is 75.4 Å². The summed E-state index contributed by atoms with van der Waals surface area (Å²) < 4.78 is 5.57. The van der Waals surface area contributed by atoms with E-state index in [2.05, 4.69) is 31.5 Å². The second-order valence-electron chi connectivity index (χ2n) is 3.97. The van der Waals surface area contributed by atoms with Crippen LogP contribution in [-0.2, 0) is 4.79 Å². The molecule has 0 radical (unpaired) electrons. The molecule has 3 heterocycles. The van der Waals surface area contributed by atoms with Gasteiger partial charge in [-0.25, -0.2) is 4.79 Å². The van der Waals surface area contributed by atoms with Crippen molar-refractivity contribution in [1.82, 2.24) is 10.3 Å². The van der Waals surface area contributed by atoms with Gasteiger partial charge in [-0.3, -0.25) is 20.0 Å². The number of hydrogen-bond acceptors (Lipinski definition) is 5. The van der Waals surface area contributed by atoms with Crippen molar-refractivity contribution in [2.24, 2.45) is 0 Å². The number of nitrogens with one attached hydrogen (secondary N) is 1. The Morgan fingerprint density at radius 1 is 1.42 bits per heavy atom. The molecule has 1 saturated heterocycles. The van der Waals surface area contributed by atoms with Crippen molar-refractivity contribution in [1.29, 1.82) is 0 Å². The van der Waals surface area contributed by atoms with Crippen LogP contribution in [0.5, 0.6) is 0 Å². The maximum Gasteiger partial charge on any atom is 0.328 e. The lowest BCUT2D eigenvalue weighted by atomic mass is 10.2. The van der Waals surface area contributed by atoms with E-state index in [0.29, 0.717) is 17.8 Å². The monoisotopic (exact) mass is 389 g/mol. The molecular formula is C11H8IN3O3S. The molecule has 1 aliphatic heterocycles. The number of carbonyl (C=O) groups excluding carboxylic acids is 2. The summed E-state index contributed by atoms with van der Waals surface area (Å²) in [7, 11) is 1.46. The van der Waals surface area contributed by atoms with Gasteiger partial charge in [0, 0.05) is 46.3 Å². The third-order valence-corrected chi connectivity index (χ3v) is 4.43. The summed E-state index contributed by atoms with van der Waals surface area (Å²) in [6.45, 7) is 0.354. The Bertz CT molecular complexity index is 672. The van der Waals surface area contributed by atoms with E-state index < -0.39 is 6.03 Å². The number of amides is 3. The highest BCUT2D eigenvalue weighted by Gasteiger charge is 2.24. The van der Waals surface area contributed by atoms with Gasteiger partial charge in [-0.15, -0.1) is 0 Å². The highest BCUT2D eigenvalue weighted by Crippen LogP contribution is 2.32. The summed E-state index contributed by atoms with van der Waals surface area (Å²) in [5, 5.41) is 3.04. The minimum Gasteiger partial charge on any atom is -0.447 e. The Balaban J connectivity index is 1.96. The quantitative estimate of drug-likeness (QED) is 0.800. The molecule has 8 heteroatoms. The van der Waals surface area contributed by atoms with Crippen molar-refractivity contribution < 1.29 is 14.0 Å². The summed E-state index contributed by atoms with van der Waals surface area (Å²) in [6, 6.07) is 3.18. The smallest absolute Gasteiger partial charge is 0.328 e. The summed E-state index contributed by atoms with van der Waals surface area (Å²) in [5.74, 6) is -0.253. The van der Waals surface area contributed by atoms with E-state index in [-0.39, 0.29) is 12.3 Å². The van der Waals surface area contributed by atoms with E-state index in [1.54, 1.807) is 12.3 Å². The first-order chi connectivity index (χ1) is 9.17. The van der Waals surface area contributed by atoms with Crippen LogP contribution in [0, 0.1) is 0 Å². The molecule has 3 rings (SSSR count). The maximum atomic E-state index is 11.7. The van der Waals surface area contributed by atoms with Crippen LogP contribution in [0.2, 0.25) is 0 Å². The van der Waals surface area contributed by atoms with Crippen LogP contribution in [0.3, 0.4) is 0 Å². The van der Waals surface area contributed by atoms with E-state index >= 15 is 0 Å². The van der Waals surface area contributed by atoms with Gasteiger partial charge in [0.2, 0.25) is 5.91 Å². The van der Waals surface area contributed by atoms with Gasteiger partial charge in [-0.2, -0.15) is 0 Å². The number of urea groups is 1. The number of carbonyl (C=O) groups is 2. The molecule has 0 aromatic carbocycles. The molecule has 0 saturated carbocycles. The number of furan rings is 1. The van der Waals surface area contributed by atoms with Crippen LogP contribution in [0.1, 0.15) is 6.42 Å². The van der Waals surface area contributed by atoms with Crippen molar-refractivity contribution in [2.75, 3.05) is 11.4 Å². The van der Waals surface area contributed by atoms with E-state index in [9.17, 15) is 9.59 Å². The number of aromatic nitrogens is 1. The third-order valence-electron chi connectivity index (χ3n) is 2.77. The van der Waals surface area contributed by atoms with Crippen LogP contribution in [-0.4, -0.2) is 23.5 Å². The minimum atomic E-state index is -0.424. The Kier molecular flexibility index (Phi) is 3.35. The number of imide groups is 1. The highest BCUT2D eigenvalue weighted by molar-refractivity contribution is 14.2. The van der Waals surface area contributed by atoms with Gasteiger partial charge >= 0.3 is 6.03 Å². The zero-order valence-corrected chi connectivity index (χ0v) is 12.5. The summed E-state index contributed by atoms with van der Waals surface area (Å²) in [6.07, 6.45) is 1.89. The summed E-state index contributed by atoms with van der Waals surface area (Å²) in [4.78, 5) is 28.6. The molecule has 0 bridgehead atoms. The molecule has 0 aliphatic carbocycles. The zero-order chi connectivity index (χ0) is 13.4. The predicted octanol–water partition coefficient (Wildman–Crippen LogP) is 2.72. The normalized spacial score (nSPS) is 15.9. The number of anilines is 1. The number of fused-ring (bicyclic) bond motifs is 1. The summed E-state index contributed by atoms with van der Waals surface area (Å²) in [5.41, 5.74) is 2.00. The molecule has 2 aromatic rings. The van der Waals surface area contributed by atoms with Crippen molar-refractivity contribution in [3.8, 4) is 0 Å². The molecule has 98 valence electrons. The average Bonchev–Trinajstić information content (AvgIpc) is 2.80. The molecule has 19 heavy (non-hydrogen) atoms. The minimum absolute atomic E-state index is 0.253. The van der Waals surface area contributed by atoms with E-state index in [0.717, 1.165) is 10.6 Å². The number of halogens is 1. The molecular weight excluding hydrogens is 381 g/mol. The Morgan fingerprint density at radius 2 is 2.26 bits per heavy atom. The second kappa shape index (κ2) is 5.00. The molecule has 2 aromatic heterocycles. The van der Waals surface area contributed by atoms with E-state index in [1.165, 1.54) is 13.8 Å².